The molecule has 0 spiro atoms. The van der Waals surface area contributed by atoms with Gasteiger partial charge >= 0.3 is 5.97 Å². The Bertz CT molecular complexity index is 633. The molecule has 0 radical (unpaired) electrons. The van der Waals surface area contributed by atoms with Gasteiger partial charge in [-0.25, -0.2) is 0 Å². The molecule has 0 saturated carbocycles. The molecule has 0 saturated heterocycles. The predicted molar refractivity (Wildman–Crippen MR) is 78.1 cm³/mol. The van der Waals surface area contributed by atoms with Gasteiger partial charge in [0.1, 0.15) is 11.6 Å². The van der Waals surface area contributed by atoms with Gasteiger partial charge in [0.05, 0.1) is 17.2 Å². The summed E-state index contributed by atoms with van der Waals surface area (Å²) in [4.78, 5) is 12.0. The fourth-order valence-electron chi connectivity index (χ4n) is 1.55. The number of aryl methyl sites for hydroxylation is 1. The number of nitrogens with zero attached hydrogens (tertiary/aromatic N) is 3. The van der Waals surface area contributed by atoms with Crippen LogP contribution in [0.5, 0.6) is 0 Å². The molecule has 106 valence electrons. The van der Waals surface area contributed by atoms with Crippen LogP contribution >= 0.6 is 35.0 Å². The van der Waals surface area contributed by atoms with Gasteiger partial charge in [0.25, 0.3) is 0 Å². The zero-order valence-electron chi connectivity index (χ0n) is 10.7. The van der Waals surface area contributed by atoms with Crippen molar-refractivity contribution >= 4 is 40.9 Å². The van der Waals surface area contributed by atoms with Crippen molar-refractivity contribution < 1.29 is 9.53 Å². The van der Waals surface area contributed by atoms with E-state index < -0.39 is 11.2 Å². The summed E-state index contributed by atoms with van der Waals surface area (Å²) in [6.45, 7) is 0. The lowest BCUT2D eigenvalue weighted by molar-refractivity contribution is -0.140. The van der Waals surface area contributed by atoms with Crippen LogP contribution in [0.25, 0.3) is 0 Å². The molecule has 2 aromatic rings. The number of esters is 1. The lowest BCUT2D eigenvalue weighted by atomic mass is 10.1. The van der Waals surface area contributed by atoms with E-state index in [4.69, 9.17) is 27.9 Å². The smallest absolute Gasteiger partial charge is 0.323 e. The Morgan fingerprint density at radius 1 is 1.45 bits per heavy atom. The number of halogens is 2. The topological polar surface area (TPSA) is 57.0 Å². The van der Waals surface area contributed by atoms with Gasteiger partial charge < -0.3 is 9.30 Å². The highest BCUT2D eigenvalue weighted by Crippen LogP contribution is 2.40. The number of carbonyl (C=O) groups is 1. The molecule has 0 aliphatic heterocycles. The molecule has 5 nitrogen and oxygen atoms in total. The van der Waals surface area contributed by atoms with Crippen LogP contribution in [0.1, 0.15) is 10.8 Å². The van der Waals surface area contributed by atoms with Gasteiger partial charge in [-0.2, -0.15) is 0 Å². The number of carbonyl (C=O) groups excluding carboxylic acids is 1. The van der Waals surface area contributed by atoms with Crippen molar-refractivity contribution in [3.05, 3.63) is 40.1 Å². The number of methoxy groups -OCH3 is 1. The van der Waals surface area contributed by atoms with E-state index in [1.807, 2.05) is 0 Å². The first-order chi connectivity index (χ1) is 9.54. The Balaban J connectivity index is 2.40. The zero-order chi connectivity index (χ0) is 14.7. The molecule has 2 rings (SSSR count). The van der Waals surface area contributed by atoms with Crippen LogP contribution in [0.3, 0.4) is 0 Å². The quantitative estimate of drug-likeness (QED) is 0.636. The third kappa shape index (κ3) is 3.08. The maximum absolute atomic E-state index is 12.0. The molecule has 0 bridgehead atoms. The molecule has 1 atom stereocenters. The van der Waals surface area contributed by atoms with Crippen molar-refractivity contribution in [1.29, 1.82) is 0 Å². The summed E-state index contributed by atoms with van der Waals surface area (Å²) in [5, 5.41) is 8.36. The number of hydrogen-bond donors (Lipinski definition) is 0. The Labute approximate surface area is 130 Å². The number of aromatic nitrogens is 3. The van der Waals surface area contributed by atoms with Crippen molar-refractivity contribution in [2.75, 3.05) is 7.11 Å². The van der Waals surface area contributed by atoms with Gasteiger partial charge in [-0.05, 0) is 11.6 Å². The molecule has 1 aromatic heterocycles. The molecule has 0 unspecified atom stereocenters. The number of ether oxygens (including phenoxy) is 1. The molecular formula is C12H11Cl2N3O2S. The van der Waals surface area contributed by atoms with E-state index >= 15 is 0 Å². The van der Waals surface area contributed by atoms with Gasteiger partial charge in [0, 0.05) is 7.05 Å². The van der Waals surface area contributed by atoms with E-state index in [9.17, 15) is 4.79 Å². The first kappa shape index (κ1) is 15.2. The Kier molecular flexibility index (Phi) is 4.91. The zero-order valence-corrected chi connectivity index (χ0v) is 13.0. The minimum atomic E-state index is -0.658. The highest BCUT2D eigenvalue weighted by molar-refractivity contribution is 8.00. The highest BCUT2D eigenvalue weighted by Gasteiger charge is 2.27. The third-order valence-corrected chi connectivity index (χ3v) is 4.67. The standard InChI is InChI=1S/C12H11Cl2N3O2S/c1-17-6-15-16-12(17)20-10(11(18)19-2)7-4-3-5-8(13)9(7)14/h3-6,10H,1-2H3/t10-/m0/s1. The van der Waals surface area contributed by atoms with Gasteiger partial charge in [0.15, 0.2) is 5.16 Å². The van der Waals surface area contributed by atoms with Crippen molar-refractivity contribution in [1.82, 2.24) is 14.8 Å². The van der Waals surface area contributed by atoms with Crippen molar-refractivity contribution in [3.8, 4) is 0 Å². The molecule has 0 N–H and O–H groups in total. The Morgan fingerprint density at radius 3 is 2.80 bits per heavy atom. The second-order valence-corrected chi connectivity index (χ2v) is 5.75. The van der Waals surface area contributed by atoms with Gasteiger partial charge in [-0.3, -0.25) is 4.79 Å². The fraction of sp³-hybridized carbons (Fsp3) is 0.250. The van der Waals surface area contributed by atoms with Crippen LogP contribution < -0.4 is 0 Å². The number of hydrogen-bond acceptors (Lipinski definition) is 5. The normalized spacial score (nSPS) is 12.2. The average molecular weight is 332 g/mol. The van der Waals surface area contributed by atoms with E-state index in [1.165, 1.54) is 18.9 Å². The highest BCUT2D eigenvalue weighted by atomic mass is 35.5. The number of rotatable bonds is 4. The molecular weight excluding hydrogens is 321 g/mol. The van der Waals surface area contributed by atoms with Crippen molar-refractivity contribution in [2.24, 2.45) is 7.05 Å². The summed E-state index contributed by atoms with van der Waals surface area (Å²) in [5.41, 5.74) is 0.582. The summed E-state index contributed by atoms with van der Waals surface area (Å²) in [6.07, 6.45) is 1.55. The van der Waals surface area contributed by atoms with E-state index in [0.29, 0.717) is 20.8 Å². The molecule has 1 heterocycles. The lowest BCUT2D eigenvalue weighted by Crippen LogP contribution is -2.12. The fourth-order valence-corrected chi connectivity index (χ4v) is 3.07. The van der Waals surface area contributed by atoms with Crippen molar-refractivity contribution in [3.63, 3.8) is 0 Å². The molecule has 8 heteroatoms. The predicted octanol–water partition coefficient (Wildman–Crippen LogP) is 3.13. The number of thioether (sulfide) groups is 1. The second-order valence-electron chi connectivity index (χ2n) is 3.89. The maximum Gasteiger partial charge on any atom is 0.323 e. The first-order valence-electron chi connectivity index (χ1n) is 5.57. The van der Waals surface area contributed by atoms with Crippen molar-refractivity contribution in [2.45, 2.75) is 10.4 Å². The SMILES string of the molecule is COC(=O)[C@@H](Sc1nncn1C)c1cccc(Cl)c1Cl. The lowest BCUT2D eigenvalue weighted by Gasteiger charge is -2.15. The molecule has 1 aromatic carbocycles. The Hall–Kier alpha value is -1.24. The van der Waals surface area contributed by atoms with Crippen LogP contribution in [-0.4, -0.2) is 27.8 Å². The van der Waals surface area contributed by atoms with E-state index in [-0.39, 0.29) is 0 Å². The molecule has 0 aliphatic rings. The van der Waals surface area contributed by atoms with Crippen LogP contribution in [0.15, 0.2) is 29.7 Å². The summed E-state index contributed by atoms with van der Waals surface area (Å²) < 4.78 is 6.54. The van der Waals surface area contributed by atoms with Gasteiger partial charge in [0.2, 0.25) is 0 Å². The number of benzene rings is 1. The monoisotopic (exact) mass is 331 g/mol. The summed E-state index contributed by atoms with van der Waals surface area (Å²) in [5.74, 6) is -0.429. The Morgan fingerprint density at radius 2 is 2.20 bits per heavy atom. The molecule has 20 heavy (non-hydrogen) atoms. The molecule has 0 aliphatic carbocycles. The van der Waals surface area contributed by atoms with Crippen LogP contribution in [0, 0.1) is 0 Å². The van der Waals surface area contributed by atoms with E-state index in [2.05, 4.69) is 10.2 Å². The molecule has 0 amide bonds. The van der Waals surface area contributed by atoms with E-state index in [1.54, 1.807) is 36.1 Å². The summed E-state index contributed by atoms with van der Waals surface area (Å²) in [7, 11) is 3.11. The average Bonchev–Trinajstić information content (AvgIpc) is 2.84. The first-order valence-corrected chi connectivity index (χ1v) is 7.20. The minimum Gasteiger partial charge on any atom is -0.468 e. The maximum atomic E-state index is 12.0. The van der Waals surface area contributed by atoms with Crippen LogP contribution in [0.4, 0.5) is 0 Å². The summed E-state index contributed by atoms with van der Waals surface area (Å²) in [6, 6.07) is 5.13. The van der Waals surface area contributed by atoms with Gasteiger partial charge in [-0.1, -0.05) is 47.1 Å². The van der Waals surface area contributed by atoms with Crippen LogP contribution in [-0.2, 0) is 16.6 Å². The summed E-state index contributed by atoms with van der Waals surface area (Å²) >= 11 is 13.4. The van der Waals surface area contributed by atoms with Crippen LogP contribution in [0.2, 0.25) is 10.0 Å². The molecule has 0 fully saturated rings. The third-order valence-electron chi connectivity index (χ3n) is 2.57. The largest absolute Gasteiger partial charge is 0.468 e. The van der Waals surface area contributed by atoms with Gasteiger partial charge in [-0.15, -0.1) is 10.2 Å². The van der Waals surface area contributed by atoms with E-state index in [0.717, 1.165) is 0 Å². The minimum absolute atomic E-state index is 0.333. The second kappa shape index (κ2) is 6.47.